The van der Waals surface area contributed by atoms with Gasteiger partial charge in [0.05, 0.1) is 5.69 Å². The molecule has 0 aromatic carbocycles. The third-order valence-electron chi connectivity index (χ3n) is 1.47. The Hall–Kier alpha value is -1.03. The van der Waals surface area contributed by atoms with E-state index in [1.807, 2.05) is 27.7 Å². The minimum Gasteiger partial charge on any atom is -0.456 e. The van der Waals surface area contributed by atoms with E-state index in [4.69, 9.17) is 10.5 Å². The molecule has 0 bridgehead atoms. The zero-order valence-corrected chi connectivity index (χ0v) is 9.70. The van der Waals surface area contributed by atoms with E-state index < -0.39 is 5.60 Å². The van der Waals surface area contributed by atoms with Gasteiger partial charge in [-0.3, -0.25) is 0 Å². The van der Waals surface area contributed by atoms with E-state index in [0.717, 1.165) is 4.88 Å². The molecular formula is C10H15NO2S. The summed E-state index contributed by atoms with van der Waals surface area (Å²) in [5, 5.41) is 0. The molecule has 0 aliphatic heterocycles. The van der Waals surface area contributed by atoms with Crippen LogP contribution in [0.4, 0.5) is 5.69 Å². The van der Waals surface area contributed by atoms with Crippen LogP contribution < -0.4 is 5.73 Å². The van der Waals surface area contributed by atoms with Crippen LogP contribution in [0, 0.1) is 6.92 Å². The highest BCUT2D eigenvalue weighted by Crippen LogP contribution is 2.26. The Morgan fingerprint density at radius 3 is 2.43 bits per heavy atom. The van der Waals surface area contributed by atoms with Gasteiger partial charge < -0.3 is 10.5 Å². The molecule has 0 fully saturated rings. The second kappa shape index (κ2) is 3.61. The molecule has 0 amide bonds. The molecule has 3 nitrogen and oxygen atoms in total. The molecule has 0 saturated carbocycles. The van der Waals surface area contributed by atoms with Crippen molar-refractivity contribution in [3.8, 4) is 0 Å². The van der Waals surface area contributed by atoms with E-state index in [-0.39, 0.29) is 5.97 Å². The van der Waals surface area contributed by atoms with E-state index in [0.29, 0.717) is 10.6 Å². The number of esters is 1. The summed E-state index contributed by atoms with van der Waals surface area (Å²) >= 11 is 1.36. The first-order valence-corrected chi connectivity index (χ1v) is 5.20. The van der Waals surface area contributed by atoms with Gasteiger partial charge in [0.25, 0.3) is 0 Å². The number of hydrogen-bond acceptors (Lipinski definition) is 4. The van der Waals surface area contributed by atoms with Crippen LogP contribution >= 0.6 is 11.3 Å². The van der Waals surface area contributed by atoms with Crippen molar-refractivity contribution >= 4 is 23.0 Å². The van der Waals surface area contributed by atoms with E-state index in [1.54, 1.807) is 6.07 Å². The average molecular weight is 213 g/mol. The van der Waals surface area contributed by atoms with Crippen LogP contribution in [-0.4, -0.2) is 11.6 Å². The lowest BCUT2D eigenvalue weighted by Crippen LogP contribution is -2.23. The van der Waals surface area contributed by atoms with Crippen molar-refractivity contribution in [3.63, 3.8) is 0 Å². The zero-order valence-electron chi connectivity index (χ0n) is 8.88. The quantitative estimate of drug-likeness (QED) is 0.729. The van der Waals surface area contributed by atoms with Crippen LogP contribution in [0.1, 0.15) is 35.3 Å². The number of ether oxygens (including phenoxy) is 1. The maximum atomic E-state index is 11.6. The Labute approximate surface area is 87.9 Å². The Morgan fingerprint density at radius 1 is 1.50 bits per heavy atom. The van der Waals surface area contributed by atoms with Crippen molar-refractivity contribution in [2.45, 2.75) is 33.3 Å². The van der Waals surface area contributed by atoms with Crippen LogP contribution in [0.15, 0.2) is 6.07 Å². The van der Waals surface area contributed by atoms with Gasteiger partial charge in [0.1, 0.15) is 10.5 Å². The van der Waals surface area contributed by atoms with Crippen LogP contribution in [0.25, 0.3) is 0 Å². The summed E-state index contributed by atoms with van der Waals surface area (Å²) in [4.78, 5) is 13.1. The van der Waals surface area contributed by atoms with Gasteiger partial charge >= 0.3 is 5.97 Å². The molecule has 0 aliphatic carbocycles. The van der Waals surface area contributed by atoms with Gasteiger partial charge in [-0.15, -0.1) is 11.3 Å². The summed E-state index contributed by atoms with van der Waals surface area (Å²) in [7, 11) is 0. The Balaban J connectivity index is 2.85. The maximum Gasteiger partial charge on any atom is 0.350 e. The summed E-state index contributed by atoms with van der Waals surface area (Å²) in [6.07, 6.45) is 0. The van der Waals surface area contributed by atoms with Crippen molar-refractivity contribution in [3.05, 3.63) is 15.8 Å². The Bertz CT molecular complexity index is 349. The predicted molar refractivity (Wildman–Crippen MR) is 58.6 cm³/mol. The Morgan fingerprint density at radius 2 is 2.07 bits per heavy atom. The fourth-order valence-corrected chi connectivity index (χ4v) is 1.83. The fraction of sp³-hybridized carbons (Fsp3) is 0.500. The average Bonchev–Trinajstić information content (AvgIpc) is 2.26. The van der Waals surface area contributed by atoms with Crippen molar-refractivity contribution in [1.29, 1.82) is 0 Å². The summed E-state index contributed by atoms with van der Waals surface area (Å²) in [6, 6.07) is 1.78. The molecule has 0 spiro atoms. The molecular weight excluding hydrogens is 198 g/mol. The molecule has 1 heterocycles. The first-order valence-electron chi connectivity index (χ1n) is 4.39. The van der Waals surface area contributed by atoms with Gasteiger partial charge in [0.15, 0.2) is 0 Å². The maximum absolute atomic E-state index is 11.6. The smallest absolute Gasteiger partial charge is 0.350 e. The highest BCUT2D eigenvalue weighted by Gasteiger charge is 2.21. The lowest BCUT2D eigenvalue weighted by Gasteiger charge is -2.18. The largest absolute Gasteiger partial charge is 0.456 e. The number of hydrogen-bond donors (Lipinski definition) is 1. The van der Waals surface area contributed by atoms with Gasteiger partial charge in [-0.1, -0.05) is 0 Å². The third-order valence-corrected chi connectivity index (χ3v) is 2.51. The summed E-state index contributed by atoms with van der Waals surface area (Å²) in [5.74, 6) is -0.340. The van der Waals surface area contributed by atoms with Crippen molar-refractivity contribution in [2.75, 3.05) is 5.73 Å². The van der Waals surface area contributed by atoms with Crippen molar-refractivity contribution < 1.29 is 9.53 Å². The summed E-state index contributed by atoms with van der Waals surface area (Å²) in [6.45, 7) is 7.42. The van der Waals surface area contributed by atoms with E-state index in [2.05, 4.69) is 0 Å². The van der Waals surface area contributed by atoms with Gasteiger partial charge in [0.2, 0.25) is 0 Å². The SMILES string of the molecule is Cc1cc(N)c(C(=O)OC(C)(C)C)s1. The molecule has 0 saturated heterocycles. The topological polar surface area (TPSA) is 52.3 Å². The van der Waals surface area contributed by atoms with Crippen molar-refractivity contribution in [1.82, 2.24) is 0 Å². The fourth-order valence-electron chi connectivity index (χ4n) is 1.02. The van der Waals surface area contributed by atoms with Gasteiger partial charge in [-0.2, -0.15) is 0 Å². The molecule has 0 atom stereocenters. The molecule has 0 radical (unpaired) electrons. The molecule has 78 valence electrons. The molecule has 2 N–H and O–H groups in total. The predicted octanol–water partition coefficient (Wildman–Crippen LogP) is 2.59. The van der Waals surface area contributed by atoms with Crippen LogP contribution in [0.3, 0.4) is 0 Å². The van der Waals surface area contributed by atoms with Gasteiger partial charge in [0, 0.05) is 4.88 Å². The second-order valence-corrected chi connectivity index (χ2v) is 5.40. The van der Waals surface area contributed by atoms with Gasteiger partial charge in [-0.25, -0.2) is 4.79 Å². The minimum absolute atomic E-state index is 0.340. The van der Waals surface area contributed by atoms with E-state index >= 15 is 0 Å². The first-order chi connectivity index (χ1) is 6.29. The normalized spacial score (nSPS) is 11.4. The number of carbonyl (C=O) groups is 1. The number of anilines is 1. The molecule has 4 heteroatoms. The highest BCUT2D eigenvalue weighted by molar-refractivity contribution is 7.14. The monoisotopic (exact) mass is 213 g/mol. The minimum atomic E-state index is -0.471. The number of aryl methyl sites for hydroxylation is 1. The third kappa shape index (κ3) is 2.73. The number of thiophene rings is 1. The molecule has 14 heavy (non-hydrogen) atoms. The second-order valence-electron chi connectivity index (χ2n) is 4.14. The molecule has 1 aromatic heterocycles. The summed E-state index contributed by atoms with van der Waals surface area (Å²) in [5.41, 5.74) is 5.70. The van der Waals surface area contributed by atoms with Crippen LogP contribution in [0.2, 0.25) is 0 Å². The van der Waals surface area contributed by atoms with E-state index in [9.17, 15) is 4.79 Å². The van der Waals surface area contributed by atoms with Gasteiger partial charge in [-0.05, 0) is 33.8 Å². The van der Waals surface area contributed by atoms with Crippen LogP contribution in [0.5, 0.6) is 0 Å². The lowest BCUT2D eigenvalue weighted by molar-refractivity contribution is 0.00764. The number of nitrogens with two attached hydrogens (primary N) is 1. The number of nitrogen functional groups attached to an aromatic ring is 1. The summed E-state index contributed by atoms with van der Waals surface area (Å²) < 4.78 is 5.21. The first kappa shape index (κ1) is 11.0. The number of rotatable bonds is 1. The molecule has 1 aromatic rings. The lowest BCUT2D eigenvalue weighted by atomic mass is 10.2. The zero-order chi connectivity index (χ0) is 10.9. The van der Waals surface area contributed by atoms with E-state index in [1.165, 1.54) is 11.3 Å². The molecule has 0 aliphatic rings. The van der Waals surface area contributed by atoms with Crippen molar-refractivity contribution in [2.24, 2.45) is 0 Å². The highest BCUT2D eigenvalue weighted by atomic mass is 32.1. The Kier molecular flexibility index (Phi) is 2.85. The number of carbonyl (C=O) groups excluding carboxylic acids is 1. The molecule has 0 unspecified atom stereocenters. The van der Waals surface area contributed by atoms with Crippen LogP contribution in [-0.2, 0) is 4.74 Å². The molecule has 1 rings (SSSR count). The standard InChI is InChI=1S/C10H15NO2S/c1-6-5-7(11)8(14-6)9(12)13-10(2,3)4/h5H,11H2,1-4H3.